The van der Waals surface area contributed by atoms with Crippen LogP contribution in [-0.4, -0.2) is 37.7 Å². The number of esters is 1. The van der Waals surface area contributed by atoms with Crippen molar-refractivity contribution < 1.29 is 28.6 Å². The number of amides is 3. The van der Waals surface area contributed by atoms with Gasteiger partial charge >= 0.3 is 12.0 Å². The summed E-state index contributed by atoms with van der Waals surface area (Å²) in [6, 6.07) is 5.94. The molecule has 0 radical (unpaired) electrons. The zero-order valence-electron chi connectivity index (χ0n) is 15.7. The Labute approximate surface area is 166 Å². The predicted octanol–water partition coefficient (Wildman–Crippen LogP) is 2.98. The quantitative estimate of drug-likeness (QED) is 0.621. The van der Waals surface area contributed by atoms with Gasteiger partial charge in [-0.15, -0.1) is 0 Å². The summed E-state index contributed by atoms with van der Waals surface area (Å²) in [5.41, 5.74) is 1.24. The molecule has 2 aromatic rings. The summed E-state index contributed by atoms with van der Waals surface area (Å²) >= 11 is 1.47. The molecule has 3 amide bonds. The van der Waals surface area contributed by atoms with Gasteiger partial charge in [0, 0.05) is 11.8 Å². The van der Waals surface area contributed by atoms with Crippen LogP contribution in [-0.2, 0) is 20.7 Å². The first kappa shape index (κ1) is 21.2. The molecule has 0 aliphatic carbocycles. The smallest absolute Gasteiger partial charge is 0.325 e. The summed E-state index contributed by atoms with van der Waals surface area (Å²) in [6.45, 7) is 4.07. The van der Waals surface area contributed by atoms with Crippen LogP contribution in [0.2, 0.25) is 0 Å². The number of thiophene rings is 1. The summed E-state index contributed by atoms with van der Waals surface area (Å²) in [5.74, 6) is -0.228. The van der Waals surface area contributed by atoms with E-state index in [1.54, 1.807) is 24.3 Å². The highest BCUT2D eigenvalue weighted by molar-refractivity contribution is 7.08. The third-order valence-electron chi connectivity index (χ3n) is 3.35. The minimum Gasteiger partial charge on any atom is -0.490 e. The number of carbonyl (C=O) groups is 3. The summed E-state index contributed by atoms with van der Waals surface area (Å²) in [5, 5.41) is 8.28. The minimum atomic E-state index is -0.745. The average molecular weight is 406 g/mol. The van der Waals surface area contributed by atoms with Gasteiger partial charge < -0.3 is 19.5 Å². The standard InChI is InChI=1S/C19H22N2O6S/c1-3-25-15-6-5-14(10-16(15)26-4-2)20-19(24)21-17(22)11-27-18(23)9-13-7-8-28-12-13/h5-8,10,12H,3-4,9,11H2,1-2H3,(H2,20,21,22,24). The maximum atomic E-state index is 11.9. The lowest BCUT2D eigenvalue weighted by Crippen LogP contribution is -2.37. The van der Waals surface area contributed by atoms with Crippen LogP contribution in [0.1, 0.15) is 19.4 Å². The van der Waals surface area contributed by atoms with E-state index < -0.39 is 24.5 Å². The fourth-order valence-corrected chi connectivity index (χ4v) is 2.88. The highest BCUT2D eigenvalue weighted by Crippen LogP contribution is 2.30. The van der Waals surface area contributed by atoms with Gasteiger partial charge in [-0.3, -0.25) is 14.9 Å². The number of hydrogen-bond acceptors (Lipinski definition) is 7. The molecule has 0 saturated heterocycles. The number of carbonyl (C=O) groups excluding carboxylic acids is 3. The molecule has 1 aromatic heterocycles. The number of imide groups is 1. The molecular weight excluding hydrogens is 384 g/mol. The Bertz CT molecular complexity index is 807. The SMILES string of the molecule is CCOc1ccc(NC(=O)NC(=O)COC(=O)Cc2ccsc2)cc1OCC. The van der Waals surface area contributed by atoms with Crippen molar-refractivity contribution in [3.8, 4) is 11.5 Å². The Kier molecular flexibility index (Phi) is 8.29. The zero-order valence-corrected chi connectivity index (χ0v) is 16.5. The Hall–Kier alpha value is -3.07. The minimum absolute atomic E-state index is 0.0787. The van der Waals surface area contributed by atoms with E-state index in [9.17, 15) is 14.4 Å². The molecule has 8 nitrogen and oxygen atoms in total. The van der Waals surface area contributed by atoms with Crippen LogP contribution in [0.5, 0.6) is 11.5 Å². The van der Waals surface area contributed by atoms with Crippen molar-refractivity contribution in [2.24, 2.45) is 0 Å². The number of rotatable bonds is 9. The van der Waals surface area contributed by atoms with Crippen molar-refractivity contribution >= 4 is 34.9 Å². The van der Waals surface area contributed by atoms with Crippen LogP contribution in [0.3, 0.4) is 0 Å². The lowest BCUT2D eigenvalue weighted by Gasteiger charge is -2.13. The summed E-state index contributed by atoms with van der Waals surface area (Å²) in [4.78, 5) is 35.4. The summed E-state index contributed by atoms with van der Waals surface area (Å²) in [7, 11) is 0. The molecule has 0 bridgehead atoms. The molecule has 0 saturated carbocycles. The third kappa shape index (κ3) is 6.92. The number of anilines is 1. The van der Waals surface area contributed by atoms with E-state index in [0.29, 0.717) is 30.4 Å². The third-order valence-corrected chi connectivity index (χ3v) is 4.08. The first-order chi connectivity index (χ1) is 13.5. The van der Waals surface area contributed by atoms with E-state index in [4.69, 9.17) is 14.2 Å². The maximum Gasteiger partial charge on any atom is 0.325 e. The summed E-state index contributed by atoms with van der Waals surface area (Å²) < 4.78 is 15.8. The van der Waals surface area contributed by atoms with E-state index in [2.05, 4.69) is 10.6 Å². The zero-order chi connectivity index (χ0) is 20.4. The molecule has 0 unspecified atom stereocenters. The molecule has 2 N–H and O–H groups in total. The van der Waals surface area contributed by atoms with E-state index in [1.165, 1.54) is 11.3 Å². The van der Waals surface area contributed by atoms with Crippen LogP contribution in [0.15, 0.2) is 35.0 Å². The van der Waals surface area contributed by atoms with Gasteiger partial charge in [-0.25, -0.2) is 4.79 Å². The predicted molar refractivity (Wildman–Crippen MR) is 105 cm³/mol. The first-order valence-corrected chi connectivity index (χ1v) is 9.63. The molecule has 0 aliphatic rings. The molecule has 1 heterocycles. The van der Waals surface area contributed by atoms with Crippen LogP contribution in [0.4, 0.5) is 10.5 Å². The van der Waals surface area contributed by atoms with Crippen molar-refractivity contribution in [3.05, 3.63) is 40.6 Å². The van der Waals surface area contributed by atoms with Gasteiger partial charge in [-0.2, -0.15) is 11.3 Å². The first-order valence-electron chi connectivity index (χ1n) is 8.69. The lowest BCUT2D eigenvalue weighted by atomic mass is 10.2. The van der Waals surface area contributed by atoms with Crippen LogP contribution >= 0.6 is 11.3 Å². The van der Waals surface area contributed by atoms with Gasteiger partial charge in [0.15, 0.2) is 18.1 Å². The van der Waals surface area contributed by atoms with Crippen molar-refractivity contribution in [3.63, 3.8) is 0 Å². The summed E-state index contributed by atoms with van der Waals surface area (Å²) in [6.07, 6.45) is 0.0787. The Morgan fingerprint density at radius 1 is 1.04 bits per heavy atom. The van der Waals surface area contributed by atoms with Crippen molar-refractivity contribution in [2.45, 2.75) is 20.3 Å². The van der Waals surface area contributed by atoms with Crippen LogP contribution in [0.25, 0.3) is 0 Å². The molecule has 0 aliphatic heterocycles. The van der Waals surface area contributed by atoms with Crippen LogP contribution < -0.4 is 20.1 Å². The lowest BCUT2D eigenvalue weighted by molar-refractivity contribution is -0.147. The second-order valence-corrected chi connectivity index (χ2v) is 6.28. The monoisotopic (exact) mass is 406 g/mol. The number of urea groups is 1. The van der Waals surface area contributed by atoms with Gasteiger partial charge in [-0.05, 0) is 48.4 Å². The number of ether oxygens (including phenoxy) is 3. The topological polar surface area (TPSA) is 103 Å². The number of nitrogens with one attached hydrogen (secondary N) is 2. The average Bonchev–Trinajstić information content (AvgIpc) is 3.15. The largest absolute Gasteiger partial charge is 0.490 e. The molecule has 0 atom stereocenters. The Morgan fingerprint density at radius 2 is 1.79 bits per heavy atom. The normalized spacial score (nSPS) is 10.1. The van der Waals surface area contributed by atoms with Gasteiger partial charge in [-0.1, -0.05) is 0 Å². The number of benzene rings is 1. The fourth-order valence-electron chi connectivity index (χ4n) is 2.21. The van der Waals surface area contributed by atoms with E-state index in [-0.39, 0.29) is 6.42 Å². The molecule has 0 spiro atoms. The highest BCUT2D eigenvalue weighted by Gasteiger charge is 2.13. The Balaban J connectivity index is 1.81. The molecular formula is C19H22N2O6S. The Morgan fingerprint density at radius 3 is 2.46 bits per heavy atom. The second kappa shape index (κ2) is 10.9. The fraction of sp³-hybridized carbons (Fsp3) is 0.316. The molecule has 0 fully saturated rings. The van der Waals surface area contributed by atoms with Crippen molar-refractivity contribution in [1.29, 1.82) is 0 Å². The van der Waals surface area contributed by atoms with Gasteiger partial charge in [0.05, 0.1) is 19.6 Å². The molecule has 28 heavy (non-hydrogen) atoms. The van der Waals surface area contributed by atoms with Gasteiger partial charge in [0.2, 0.25) is 0 Å². The molecule has 9 heteroatoms. The highest BCUT2D eigenvalue weighted by atomic mass is 32.1. The number of hydrogen-bond donors (Lipinski definition) is 2. The molecule has 150 valence electrons. The van der Waals surface area contributed by atoms with Crippen molar-refractivity contribution in [2.75, 3.05) is 25.1 Å². The van der Waals surface area contributed by atoms with E-state index in [1.807, 2.05) is 24.6 Å². The second-order valence-electron chi connectivity index (χ2n) is 5.50. The molecule has 1 aromatic carbocycles. The van der Waals surface area contributed by atoms with Crippen molar-refractivity contribution in [1.82, 2.24) is 5.32 Å². The van der Waals surface area contributed by atoms with Crippen LogP contribution in [0, 0.1) is 0 Å². The van der Waals surface area contributed by atoms with Gasteiger partial charge in [0.25, 0.3) is 5.91 Å². The van der Waals surface area contributed by atoms with Gasteiger partial charge in [0.1, 0.15) is 0 Å². The molecule has 2 rings (SSSR count). The van der Waals surface area contributed by atoms with E-state index >= 15 is 0 Å². The van der Waals surface area contributed by atoms with E-state index in [0.717, 1.165) is 5.56 Å². The maximum absolute atomic E-state index is 11.9.